The number of halogens is 4. The second-order valence-corrected chi connectivity index (χ2v) is 3.74. The summed E-state index contributed by atoms with van der Waals surface area (Å²) >= 11 is 1.47. The van der Waals surface area contributed by atoms with Crippen molar-refractivity contribution in [2.75, 3.05) is 6.61 Å². The maximum atomic E-state index is 13.1. The first-order valence-electron chi connectivity index (χ1n) is 4.28. The van der Waals surface area contributed by atoms with E-state index in [-0.39, 0.29) is 10.3 Å². The Hall–Kier alpha value is -0.860. The fourth-order valence-corrected chi connectivity index (χ4v) is 1.43. The highest BCUT2D eigenvalue weighted by molar-refractivity contribution is 14.1. The molecule has 88 valence electrons. The maximum Gasteiger partial charge on any atom is 0.340 e. The van der Waals surface area contributed by atoms with Crippen LogP contribution in [-0.4, -0.2) is 17.6 Å². The largest absolute Gasteiger partial charge is 0.462 e. The number of esters is 1. The molecule has 0 aliphatic carbocycles. The number of hydrogen-bond acceptors (Lipinski definition) is 3. The highest BCUT2D eigenvalue weighted by Gasteiger charge is 2.23. The third-order valence-corrected chi connectivity index (χ3v) is 2.42. The first kappa shape index (κ1) is 13.2. The third-order valence-electron chi connectivity index (χ3n) is 1.66. The summed E-state index contributed by atoms with van der Waals surface area (Å²) in [7, 11) is 0. The minimum atomic E-state index is -2.95. The zero-order chi connectivity index (χ0) is 12.3. The molecule has 0 aliphatic heterocycles. The van der Waals surface area contributed by atoms with Crippen molar-refractivity contribution in [2.24, 2.45) is 0 Å². The Balaban J connectivity index is 3.24. The number of ether oxygens (including phenoxy) is 1. The standard InChI is InChI=1S/C9H7F3INO2/c1-2-16-9(15)4-3-5(10)8(13)14-6(4)7(11)12/h3,7H,2H2,1H3. The molecule has 1 aromatic heterocycles. The molecule has 3 nitrogen and oxygen atoms in total. The molecule has 0 saturated heterocycles. The van der Waals surface area contributed by atoms with Gasteiger partial charge in [-0.1, -0.05) is 0 Å². The Kier molecular flexibility index (Phi) is 4.51. The van der Waals surface area contributed by atoms with Crippen LogP contribution in [0, 0.1) is 9.52 Å². The second-order valence-electron chi connectivity index (χ2n) is 2.71. The average Bonchev–Trinajstić information content (AvgIpc) is 2.21. The zero-order valence-corrected chi connectivity index (χ0v) is 10.3. The lowest BCUT2D eigenvalue weighted by atomic mass is 10.2. The van der Waals surface area contributed by atoms with Gasteiger partial charge >= 0.3 is 5.97 Å². The first-order chi connectivity index (χ1) is 7.47. The number of rotatable bonds is 3. The van der Waals surface area contributed by atoms with E-state index in [1.165, 1.54) is 29.5 Å². The van der Waals surface area contributed by atoms with Crippen molar-refractivity contribution in [2.45, 2.75) is 13.3 Å². The lowest BCUT2D eigenvalue weighted by Gasteiger charge is -2.08. The van der Waals surface area contributed by atoms with E-state index in [0.717, 1.165) is 0 Å². The number of hydrogen-bond donors (Lipinski definition) is 0. The van der Waals surface area contributed by atoms with Crippen molar-refractivity contribution >= 4 is 28.6 Å². The van der Waals surface area contributed by atoms with Gasteiger partial charge in [0.15, 0.2) is 5.82 Å². The molecule has 0 unspecified atom stereocenters. The van der Waals surface area contributed by atoms with Crippen molar-refractivity contribution < 1.29 is 22.7 Å². The molecule has 1 aromatic rings. The molecule has 16 heavy (non-hydrogen) atoms. The van der Waals surface area contributed by atoms with Gasteiger partial charge in [-0.05, 0) is 35.6 Å². The number of nitrogens with zero attached hydrogens (tertiary/aromatic N) is 1. The summed E-state index contributed by atoms with van der Waals surface area (Å²) in [6.07, 6.45) is -2.95. The van der Waals surface area contributed by atoms with Crippen LogP contribution >= 0.6 is 22.6 Å². The molecule has 0 bridgehead atoms. The van der Waals surface area contributed by atoms with Crippen LogP contribution in [0.3, 0.4) is 0 Å². The van der Waals surface area contributed by atoms with Crippen molar-refractivity contribution in [3.63, 3.8) is 0 Å². The lowest BCUT2D eigenvalue weighted by molar-refractivity contribution is 0.0512. The molecule has 1 heterocycles. The predicted octanol–water partition coefficient (Wildman–Crippen LogP) is 2.94. The smallest absolute Gasteiger partial charge is 0.340 e. The number of alkyl halides is 2. The van der Waals surface area contributed by atoms with E-state index in [0.29, 0.717) is 6.07 Å². The molecule has 0 aliphatic rings. The summed E-state index contributed by atoms with van der Waals surface area (Å²) in [4.78, 5) is 14.6. The molecule has 7 heteroatoms. The van der Waals surface area contributed by atoms with Crippen molar-refractivity contribution in [3.8, 4) is 0 Å². The normalized spacial score (nSPS) is 10.6. The molecule has 0 aromatic carbocycles. The molecule has 0 atom stereocenters. The van der Waals surface area contributed by atoms with Gasteiger partial charge in [0.25, 0.3) is 6.43 Å². The van der Waals surface area contributed by atoms with Gasteiger partial charge in [-0.25, -0.2) is 22.9 Å². The molecule has 0 amide bonds. The van der Waals surface area contributed by atoms with E-state index >= 15 is 0 Å². The Bertz CT molecular complexity index is 412. The molecule has 0 N–H and O–H groups in total. The van der Waals surface area contributed by atoms with E-state index in [9.17, 15) is 18.0 Å². The predicted molar refractivity (Wildman–Crippen MR) is 57.8 cm³/mol. The monoisotopic (exact) mass is 345 g/mol. The van der Waals surface area contributed by atoms with Gasteiger partial charge in [0.05, 0.1) is 12.2 Å². The van der Waals surface area contributed by atoms with Crippen molar-refractivity contribution in [3.05, 3.63) is 26.8 Å². The molecular formula is C9H7F3INO2. The van der Waals surface area contributed by atoms with Crippen molar-refractivity contribution in [1.82, 2.24) is 4.98 Å². The van der Waals surface area contributed by atoms with Crippen LogP contribution in [0.5, 0.6) is 0 Å². The lowest BCUT2D eigenvalue weighted by Crippen LogP contribution is -2.12. The summed E-state index contributed by atoms with van der Waals surface area (Å²) in [6.45, 7) is 1.55. The minimum absolute atomic E-state index is 0.0229. The summed E-state index contributed by atoms with van der Waals surface area (Å²) < 4.78 is 42.5. The Morgan fingerprint density at radius 3 is 2.75 bits per heavy atom. The van der Waals surface area contributed by atoms with E-state index in [1.807, 2.05) is 0 Å². The van der Waals surface area contributed by atoms with Gasteiger partial charge in [-0.15, -0.1) is 0 Å². The number of pyridine rings is 1. The highest BCUT2D eigenvalue weighted by atomic mass is 127. The van der Waals surface area contributed by atoms with E-state index in [4.69, 9.17) is 0 Å². The van der Waals surface area contributed by atoms with Gasteiger partial charge in [0, 0.05) is 0 Å². The first-order valence-corrected chi connectivity index (χ1v) is 5.36. The summed E-state index contributed by atoms with van der Waals surface area (Å²) in [5.41, 5.74) is -1.29. The van der Waals surface area contributed by atoms with Crippen LogP contribution in [0.1, 0.15) is 29.4 Å². The Morgan fingerprint density at radius 1 is 1.62 bits per heavy atom. The molecule has 0 saturated carbocycles. The van der Waals surface area contributed by atoms with E-state index in [2.05, 4.69) is 9.72 Å². The molecule has 0 radical (unpaired) electrons. The molecule has 0 spiro atoms. The van der Waals surface area contributed by atoms with E-state index < -0.39 is 29.5 Å². The van der Waals surface area contributed by atoms with Gasteiger partial charge < -0.3 is 4.74 Å². The second kappa shape index (κ2) is 5.46. The average molecular weight is 345 g/mol. The molecular weight excluding hydrogens is 338 g/mol. The maximum absolute atomic E-state index is 13.1. The van der Waals surface area contributed by atoms with Crippen molar-refractivity contribution in [1.29, 1.82) is 0 Å². The summed E-state index contributed by atoms with van der Waals surface area (Å²) in [5.74, 6) is -1.83. The van der Waals surface area contributed by atoms with Crippen LogP contribution in [0.4, 0.5) is 13.2 Å². The molecule has 0 fully saturated rings. The SMILES string of the molecule is CCOC(=O)c1cc(F)c(I)nc1C(F)F. The highest BCUT2D eigenvalue weighted by Crippen LogP contribution is 2.24. The number of aromatic nitrogens is 1. The molecule has 1 rings (SSSR count). The fraction of sp³-hybridized carbons (Fsp3) is 0.333. The van der Waals surface area contributed by atoms with Crippen LogP contribution in [0.25, 0.3) is 0 Å². The van der Waals surface area contributed by atoms with Gasteiger partial charge in [-0.3, -0.25) is 0 Å². The quantitative estimate of drug-likeness (QED) is 0.480. The fourth-order valence-electron chi connectivity index (χ4n) is 1.02. The Labute approximate surface area is 103 Å². The Morgan fingerprint density at radius 2 is 2.25 bits per heavy atom. The summed E-state index contributed by atoms with van der Waals surface area (Å²) in [6, 6.07) is 0.717. The van der Waals surface area contributed by atoms with Crippen LogP contribution in [0.15, 0.2) is 6.07 Å². The zero-order valence-electron chi connectivity index (χ0n) is 8.14. The van der Waals surface area contributed by atoms with Crippen LogP contribution in [-0.2, 0) is 4.74 Å². The van der Waals surface area contributed by atoms with Crippen LogP contribution in [0.2, 0.25) is 0 Å². The van der Waals surface area contributed by atoms with Gasteiger partial charge in [-0.2, -0.15) is 0 Å². The van der Waals surface area contributed by atoms with Gasteiger partial charge in [0.2, 0.25) is 0 Å². The minimum Gasteiger partial charge on any atom is -0.462 e. The van der Waals surface area contributed by atoms with E-state index in [1.54, 1.807) is 0 Å². The van der Waals surface area contributed by atoms with Crippen LogP contribution < -0.4 is 0 Å². The summed E-state index contributed by atoms with van der Waals surface area (Å²) in [5, 5.41) is 0. The third kappa shape index (κ3) is 2.83. The number of carbonyl (C=O) groups is 1. The van der Waals surface area contributed by atoms with Gasteiger partial charge in [0.1, 0.15) is 9.39 Å². The number of carbonyl (C=O) groups excluding carboxylic acids is 1. The topological polar surface area (TPSA) is 39.2 Å².